The standard InChI is InChI=1S/C14H14ClNO4/c1-14-6-9(11(13(18)19)12(17)16(14)2)8-5-7(15)3-4-10(8)20-14/h3-5,9,11H,6H2,1-2H3,(H,18,19)/p-1/t9-,11+,14-/m1/s1. The van der Waals surface area contributed by atoms with Crippen molar-refractivity contribution in [3.63, 3.8) is 0 Å². The summed E-state index contributed by atoms with van der Waals surface area (Å²) in [6.45, 7) is 1.78. The van der Waals surface area contributed by atoms with Gasteiger partial charge in [0.1, 0.15) is 5.75 Å². The minimum absolute atomic E-state index is 0.404. The maximum Gasteiger partial charge on any atom is 0.234 e. The molecule has 20 heavy (non-hydrogen) atoms. The van der Waals surface area contributed by atoms with Crippen molar-refractivity contribution in [1.82, 2.24) is 4.90 Å². The number of amides is 1. The van der Waals surface area contributed by atoms with Crippen molar-refractivity contribution >= 4 is 23.5 Å². The highest BCUT2D eigenvalue weighted by atomic mass is 35.5. The second kappa shape index (κ2) is 4.12. The van der Waals surface area contributed by atoms with Crippen LogP contribution < -0.4 is 9.84 Å². The third kappa shape index (κ3) is 1.69. The molecular weight excluding hydrogens is 282 g/mol. The molecule has 2 aliphatic heterocycles. The molecule has 0 aromatic heterocycles. The minimum Gasteiger partial charge on any atom is -0.549 e. The maximum absolute atomic E-state index is 12.3. The molecule has 1 aromatic carbocycles. The highest BCUT2D eigenvalue weighted by Gasteiger charge is 2.52. The quantitative estimate of drug-likeness (QED) is 0.717. The Morgan fingerprint density at radius 3 is 2.90 bits per heavy atom. The number of hydrogen-bond donors (Lipinski definition) is 0. The zero-order valence-corrected chi connectivity index (χ0v) is 11.8. The molecule has 2 aliphatic rings. The highest BCUT2D eigenvalue weighted by Crippen LogP contribution is 2.50. The average Bonchev–Trinajstić information content (AvgIpc) is 2.37. The van der Waals surface area contributed by atoms with E-state index in [1.165, 1.54) is 4.90 Å². The fraction of sp³-hybridized carbons (Fsp3) is 0.429. The number of hydrogen-bond acceptors (Lipinski definition) is 4. The number of carboxylic acid groups (broad SMARTS) is 1. The van der Waals surface area contributed by atoms with Crippen molar-refractivity contribution in [2.45, 2.75) is 25.0 Å². The van der Waals surface area contributed by atoms with Gasteiger partial charge in [-0.15, -0.1) is 0 Å². The molecule has 106 valence electrons. The number of aliphatic carboxylic acids is 1. The van der Waals surface area contributed by atoms with E-state index in [2.05, 4.69) is 0 Å². The van der Waals surface area contributed by atoms with Crippen LogP contribution in [0.4, 0.5) is 0 Å². The monoisotopic (exact) mass is 294 g/mol. The van der Waals surface area contributed by atoms with Crippen molar-refractivity contribution in [2.75, 3.05) is 7.05 Å². The molecule has 0 saturated carbocycles. The molecule has 0 N–H and O–H groups in total. The molecule has 0 aliphatic carbocycles. The first-order valence-electron chi connectivity index (χ1n) is 6.30. The lowest BCUT2D eigenvalue weighted by atomic mass is 9.74. The van der Waals surface area contributed by atoms with Crippen LogP contribution in [0.25, 0.3) is 0 Å². The number of halogens is 1. The molecule has 3 atom stereocenters. The van der Waals surface area contributed by atoms with Gasteiger partial charge >= 0.3 is 0 Å². The first kappa shape index (κ1) is 13.2. The Morgan fingerprint density at radius 2 is 2.25 bits per heavy atom. The number of carbonyl (C=O) groups is 2. The number of ether oxygens (including phenoxy) is 1. The number of rotatable bonds is 1. The number of likely N-dealkylation sites (tertiary alicyclic amines) is 1. The summed E-state index contributed by atoms with van der Waals surface area (Å²) in [6.07, 6.45) is 0.404. The fourth-order valence-electron chi connectivity index (χ4n) is 3.08. The molecule has 3 rings (SSSR count). The molecule has 1 saturated heterocycles. The van der Waals surface area contributed by atoms with Crippen LogP contribution in [0.1, 0.15) is 24.8 Å². The summed E-state index contributed by atoms with van der Waals surface area (Å²) in [7, 11) is 1.55. The Labute approximate surface area is 121 Å². The average molecular weight is 295 g/mol. The number of carbonyl (C=O) groups excluding carboxylic acids is 2. The summed E-state index contributed by atoms with van der Waals surface area (Å²) in [5, 5.41) is 11.9. The fourth-order valence-corrected chi connectivity index (χ4v) is 3.26. The SMILES string of the molecule is CN1C(=O)[C@@H](C(=O)[O-])[C@@H]2C[C@@]1(C)Oc1ccc(Cl)cc12. The number of nitrogens with zero attached hydrogens (tertiary/aromatic N) is 1. The van der Waals surface area contributed by atoms with Crippen molar-refractivity contribution in [3.8, 4) is 5.75 Å². The maximum atomic E-state index is 12.3. The molecule has 1 fully saturated rings. The molecular formula is C14H13ClNO4-. The first-order chi connectivity index (χ1) is 9.33. The van der Waals surface area contributed by atoms with Crippen molar-refractivity contribution in [1.29, 1.82) is 0 Å². The Hall–Kier alpha value is -1.75. The molecule has 5 nitrogen and oxygen atoms in total. The Kier molecular flexibility index (Phi) is 2.73. The van der Waals surface area contributed by atoms with Crippen LogP contribution in [0.5, 0.6) is 5.75 Å². The van der Waals surface area contributed by atoms with Gasteiger partial charge in [0.15, 0.2) is 5.72 Å². The summed E-state index contributed by atoms with van der Waals surface area (Å²) < 4.78 is 5.89. The van der Waals surface area contributed by atoms with Gasteiger partial charge in [-0.05, 0) is 25.1 Å². The van der Waals surface area contributed by atoms with Crippen LogP contribution in [0, 0.1) is 5.92 Å². The summed E-state index contributed by atoms with van der Waals surface area (Å²) in [6, 6.07) is 5.05. The van der Waals surface area contributed by atoms with E-state index in [-0.39, 0.29) is 0 Å². The van der Waals surface area contributed by atoms with Gasteiger partial charge in [0.05, 0.1) is 11.9 Å². The smallest absolute Gasteiger partial charge is 0.234 e. The molecule has 1 aromatic rings. The van der Waals surface area contributed by atoms with Gasteiger partial charge in [-0.2, -0.15) is 0 Å². The largest absolute Gasteiger partial charge is 0.549 e. The molecule has 1 amide bonds. The first-order valence-corrected chi connectivity index (χ1v) is 6.68. The van der Waals surface area contributed by atoms with Gasteiger partial charge < -0.3 is 19.5 Å². The molecule has 2 bridgehead atoms. The van der Waals surface area contributed by atoms with E-state index >= 15 is 0 Å². The number of benzene rings is 1. The van der Waals surface area contributed by atoms with Gasteiger partial charge in [-0.3, -0.25) is 4.79 Å². The zero-order chi connectivity index (χ0) is 14.7. The molecule has 6 heteroatoms. The Morgan fingerprint density at radius 1 is 1.55 bits per heavy atom. The highest BCUT2D eigenvalue weighted by molar-refractivity contribution is 6.30. The number of piperidine rings is 1. The summed E-state index contributed by atoms with van der Waals surface area (Å²) >= 11 is 5.97. The van der Waals surface area contributed by atoms with E-state index < -0.39 is 29.4 Å². The normalized spacial score (nSPS) is 31.6. The van der Waals surface area contributed by atoms with Gasteiger partial charge in [0.25, 0.3) is 0 Å². The third-order valence-electron chi connectivity index (χ3n) is 4.26. The van der Waals surface area contributed by atoms with E-state index in [1.807, 2.05) is 0 Å². The predicted molar refractivity (Wildman–Crippen MR) is 69.1 cm³/mol. The second-order valence-corrected chi connectivity index (χ2v) is 5.90. The molecule has 0 spiro atoms. The zero-order valence-electron chi connectivity index (χ0n) is 11.1. The number of fused-ring (bicyclic) bond motifs is 4. The van der Waals surface area contributed by atoms with Crippen LogP contribution in [0.3, 0.4) is 0 Å². The van der Waals surface area contributed by atoms with E-state index in [0.29, 0.717) is 22.8 Å². The van der Waals surface area contributed by atoms with E-state index in [9.17, 15) is 14.7 Å². The van der Waals surface area contributed by atoms with Crippen molar-refractivity contribution in [3.05, 3.63) is 28.8 Å². The predicted octanol–water partition coefficient (Wildman–Crippen LogP) is 0.760. The van der Waals surface area contributed by atoms with E-state index in [0.717, 1.165) is 0 Å². The lowest BCUT2D eigenvalue weighted by Gasteiger charge is -2.52. The van der Waals surface area contributed by atoms with E-state index in [1.54, 1.807) is 32.2 Å². The van der Waals surface area contributed by atoms with Crippen molar-refractivity contribution in [2.24, 2.45) is 5.92 Å². The summed E-state index contributed by atoms with van der Waals surface area (Å²) in [5.74, 6) is -2.96. The second-order valence-electron chi connectivity index (χ2n) is 5.46. The molecule has 2 heterocycles. The van der Waals surface area contributed by atoms with Gasteiger partial charge in [0, 0.05) is 30.0 Å². The van der Waals surface area contributed by atoms with Crippen LogP contribution in [0.2, 0.25) is 5.02 Å². The van der Waals surface area contributed by atoms with Crippen LogP contribution >= 0.6 is 11.6 Å². The van der Waals surface area contributed by atoms with Crippen molar-refractivity contribution < 1.29 is 19.4 Å². The molecule has 0 radical (unpaired) electrons. The lowest BCUT2D eigenvalue weighted by molar-refractivity contribution is -0.313. The van der Waals surface area contributed by atoms with E-state index in [4.69, 9.17) is 16.3 Å². The molecule has 0 unspecified atom stereocenters. The number of carboxylic acids is 1. The summed E-state index contributed by atoms with van der Waals surface area (Å²) in [5.41, 5.74) is -0.181. The van der Waals surface area contributed by atoms with Gasteiger partial charge in [0.2, 0.25) is 5.91 Å². The summed E-state index contributed by atoms with van der Waals surface area (Å²) in [4.78, 5) is 25.0. The van der Waals surface area contributed by atoms with Crippen LogP contribution in [0.15, 0.2) is 18.2 Å². The van der Waals surface area contributed by atoms with Gasteiger partial charge in [-0.25, -0.2) is 0 Å². The minimum atomic E-state index is -1.36. The third-order valence-corrected chi connectivity index (χ3v) is 4.50. The van der Waals surface area contributed by atoms with Crippen LogP contribution in [-0.4, -0.2) is 29.5 Å². The van der Waals surface area contributed by atoms with Gasteiger partial charge in [-0.1, -0.05) is 11.6 Å². The van der Waals surface area contributed by atoms with Crippen LogP contribution in [-0.2, 0) is 9.59 Å². The Bertz CT molecular complexity index is 617. The Balaban J connectivity index is 2.19. The topological polar surface area (TPSA) is 69.7 Å². The lowest BCUT2D eigenvalue weighted by Crippen LogP contribution is -2.63.